The van der Waals surface area contributed by atoms with E-state index in [0.717, 1.165) is 17.7 Å². The van der Waals surface area contributed by atoms with E-state index in [2.05, 4.69) is 30.4 Å². The Morgan fingerprint density at radius 2 is 2.10 bits per heavy atom. The van der Waals surface area contributed by atoms with Gasteiger partial charge in [0.05, 0.1) is 6.04 Å². The molecule has 0 aliphatic heterocycles. The molecule has 0 aromatic heterocycles. The van der Waals surface area contributed by atoms with Gasteiger partial charge >= 0.3 is 0 Å². The van der Waals surface area contributed by atoms with Crippen LogP contribution in [0.2, 0.25) is 0 Å². The van der Waals surface area contributed by atoms with Gasteiger partial charge < -0.3 is 15.4 Å². The highest BCUT2D eigenvalue weighted by Gasteiger charge is 2.18. The van der Waals surface area contributed by atoms with Crippen LogP contribution in [-0.4, -0.2) is 25.6 Å². The van der Waals surface area contributed by atoms with Crippen LogP contribution in [0.4, 0.5) is 0 Å². The van der Waals surface area contributed by atoms with Crippen molar-refractivity contribution in [2.45, 2.75) is 32.9 Å². The van der Waals surface area contributed by atoms with Crippen molar-refractivity contribution >= 4 is 5.91 Å². The third-order valence-corrected chi connectivity index (χ3v) is 3.09. The van der Waals surface area contributed by atoms with Crippen molar-refractivity contribution in [3.05, 3.63) is 29.8 Å². The molecule has 1 aromatic rings. The maximum absolute atomic E-state index is 11.9. The van der Waals surface area contributed by atoms with Crippen molar-refractivity contribution < 1.29 is 9.53 Å². The fourth-order valence-corrected chi connectivity index (χ4v) is 2.07. The zero-order chi connectivity index (χ0) is 15.7. The zero-order valence-electron chi connectivity index (χ0n) is 13.0. The second-order valence-corrected chi connectivity index (χ2v) is 5.28. The van der Waals surface area contributed by atoms with Gasteiger partial charge in [0, 0.05) is 19.2 Å². The van der Waals surface area contributed by atoms with Crippen LogP contribution in [0.3, 0.4) is 0 Å². The van der Waals surface area contributed by atoms with Gasteiger partial charge in [0.2, 0.25) is 5.91 Å². The van der Waals surface area contributed by atoms with Crippen LogP contribution >= 0.6 is 0 Å². The van der Waals surface area contributed by atoms with Crippen LogP contribution in [0, 0.1) is 18.3 Å². The normalized spacial score (nSPS) is 11.8. The van der Waals surface area contributed by atoms with Gasteiger partial charge in [-0.1, -0.05) is 38.0 Å². The Balaban J connectivity index is 2.71. The molecule has 0 bridgehead atoms. The number of terminal acetylenes is 1. The van der Waals surface area contributed by atoms with Gasteiger partial charge in [0.15, 0.2) is 0 Å². The molecule has 4 heteroatoms. The summed E-state index contributed by atoms with van der Waals surface area (Å²) >= 11 is 0. The molecule has 0 saturated carbocycles. The largest absolute Gasteiger partial charge is 0.481 e. The minimum atomic E-state index is -0.212. The van der Waals surface area contributed by atoms with E-state index in [1.165, 1.54) is 0 Å². The Kier molecular flexibility index (Phi) is 7.34. The second-order valence-electron chi connectivity index (χ2n) is 5.28. The molecule has 114 valence electrons. The smallest absolute Gasteiger partial charge is 0.236 e. The van der Waals surface area contributed by atoms with E-state index < -0.39 is 0 Å². The molecule has 4 nitrogen and oxygen atoms in total. The Hall–Kier alpha value is -1.99. The van der Waals surface area contributed by atoms with Gasteiger partial charge in [-0.05, 0) is 18.4 Å². The molecule has 1 unspecified atom stereocenters. The summed E-state index contributed by atoms with van der Waals surface area (Å²) in [5, 5.41) is 5.99. The molecule has 0 saturated heterocycles. The first-order valence-electron chi connectivity index (χ1n) is 7.17. The highest BCUT2D eigenvalue weighted by atomic mass is 16.5. The molecule has 0 aliphatic carbocycles. The maximum Gasteiger partial charge on any atom is 0.236 e. The Bertz CT molecular complexity index is 492. The summed E-state index contributed by atoms with van der Waals surface area (Å²) in [6.45, 7) is 5.00. The molecule has 1 aromatic carbocycles. The zero-order valence-corrected chi connectivity index (χ0v) is 13.0. The molecule has 0 fully saturated rings. The number of carbonyl (C=O) groups excluding carboxylic acids is 1. The quantitative estimate of drug-likeness (QED) is 0.719. The summed E-state index contributed by atoms with van der Waals surface area (Å²) in [5.41, 5.74) is 0.991. The lowest BCUT2D eigenvalue weighted by Gasteiger charge is -2.20. The maximum atomic E-state index is 11.9. The van der Waals surface area contributed by atoms with E-state index in [1.54, 1.807) is 7.05 Å². The third kappa shape index (κ3) is 5.88. The van der Waals surface area contributed by atoms with Crippen molar-refractivity contribution in [3.63, 3.8) is 0 Å². The first-order chi connectivity index (χ1) is 10.1. The molecule has 0 spiro atoms. The summed E-state index contributed by atoms with van der Waals surface area (Å²) in [6, 6.07) is 7.48. The van der Waals surface area contributed by atoms with Gasteiger partial charge in [-0.25, -0.2) is 0 Å². The summed E-state index contributed by atoms with van der Waals surface area (Å²) < 4.78 is 5.51. The molecule has 0 radical (unpaired) electrons. The van der Waals surface area contributed by atoms with Crippen LogP contribution in [0.25, 0.3) is 0 Å². The molecule has 1 rings (SSSR count). The van der Waals surface area contributed by atoms with E-state index in [4.69, 9.17) is 11.2 Å². The van der Waals surface area contributed by atoms with E-state index >= 15 is 0 Å². The fraction of sp³-hybridized carbons (Fsp3) is 0.471. The number of para-hydroxylation sites is 1. The standard InChI is InChI=1S/C17H24N2O2/c1-5-10-21-16-9-7-6-8-14(16)12-19-15(11-13(2)3)17(20)18-4/h1,6-9,13,15,19H,10-12H2,2-4H3,(H,18,20). The third-order valence-electron chi connectivity index (χ3n) is 3.09. The number of hydrogen-bond donors (Lipinski definition) is 2. The van der Waals surface area contributed by atoms with Gasteiger partial charge in [-0.3, -0.25) is 4.79 Å². The van der Waals surface area contributed by atoms with Crippen molar-refractivity contribution in [2.75, 3.05) is 13.7 Å². The minimum Gasteiger partial charge on any atom is -0.481 e. The number of hydrogen-bond acceptors (Lipinski definition) is 3. The Labute approximate surface area is 127 Å². The molecular weight excluding hydrogens is 264 g/mol. The van der Waals surface area contributed by atoms with Gasteiger partial charge in [-0.2, -0.15) is 0 Å². The lowest BCUT2D eigenvalue weighted by molar-refractivity contribution is -0.123. The van der Waals surface area contributed by atoms with Crippen molar-refractivity contribution in [3.8, 4) is 18.1 Å². The lowest BCUT2D eigenvalue weighted by atomic mass is 10.0. The summed E-state index contributed by atoms with van der Waals surface area (Å²) in [7, 11) is 1.65. The molecule has 1 amide bonds. The van der Waals surface area contributed by atoms with Crippen LogP contribution in [0.1, 0.15) is 25.8 Å². The number of likely N-dealkylation sites (N-methyl/N-ethyl adjacent to an activating group) is 1. The number of carbonyl (C=O) groups is 1. The average molecular weight is 288 g/mol. The highest BCUT2D eigenvalue weighted by molar-refractivity contribution is 5.81. The first-order valence-corrected chi connectivity index (χ1v) is 7.17. The van der Waals surface area contributed by atoms with E-state index in [9.17, 15) is 4.79 Å². The average Bonchev–Trinajstić information content (AvgIpc) is 2.49. The van der Waals surface area contributed by atoms with E-state index in [1.807, 2.05) is 24.3 Å². The number of ether oxygens (including phenoxy) is 1. The number of rotatable bonds is 8. The Morgan fingerprint density at radius 3 is 2.71 bits per heavy atom. The van der Waals surface area contributed by atoms with E-state index in [-0.39, 0.29) is 18.6 Å². The first kappa shape index (κ1) is 17.1. The summed E-state index contributed by atoms with van der Waals surface area (Å²) in [4.78, 5) is 11.9. The lowest BCUT2D eigenvalue weighted by Crippen LogP contribution is -2.43. The van der Waals surface area contributed by atoms with Gasteiger partial charge in [0.1, 0.15) is 12.4 Å². The number of benzene rings is 1. The van der Waals surface area contributed by atoms with Gasteiger partial charge in [0.25, 0.3) is 0 Å². The van der Waals surface area contributed by atoms with Crippen molar-refractivity contribution in [2.24, 2.45) is 5.92 Å². The Morgan fingerprint density at radius 1 is 1.38 bits per heavy atom. The molecular formula is C17H24N2O2. The van der Waals surface area contributed by atoms with Crippen molar-refractivity contribution in [1.29, 1.82) is 0 Å². The topological polar surface area (TPSA) is 50.4 Å². The SMILES string of the molecule is C#CCOc1ccccc1CNC(CC(C)C)C(=O)NC. The predicted molar refractivity (Wildman–Crippen MR) is 84.9 cm³/mol. The molecule has 0 aliphatic rings. The predicted octanol–water partition coefficient (Wildman–Crippen LogP) is 1.95. The van der Waals surface area contributed by atoms with E-state index in [0.29, 0.717) is 12.5 Å². The monoisotopic (exact) mass is 288 g/mol. The second kappa shape index (κ2) is 9.04. The van der Waals surface area contributed by atoms with Crippen LogP contribution < -0.4 is 15.4 Å². The molecule has 0 heterocycles. The van der Waals surface area contributed by atoms with Crippen LogP contribution in [0.5, 0.6) is 5.75 Å². The summed E-state index contributed by atoms with van der Waals surface area (Å²) in [6.07, 6.45) is 6.00. The number of nitrogens with one attached hydrogen (secondary N) is 2. The molecule has 21 heavy (non-hydrogen) atoms. The minimum absolute atomic E-state index is 0.00530. The van der Waals surface area contributed by atoms with Gasteiger partial charge in [-0.15, -0.1) is 6.42 Å². The highest BCUT2D eigenvalue weighted by Crippen LogP contribution is 2.18. The molecule has 2 N–H and O–H groups in total. The van der Waals surface area contributed by atoms with Crippen LogP contribution in [-0.2, 0) is 11.3 Å². The van der Waals surface area contributed by atoms with Crippen LogP contribution in [0.15, 0.2) is 24.3 Å². The van der Waals surface area contributed by atoms with Crippen molar-refractivity contribution in [1.82, 2.24) is 10.6 Å². The number of amides is 1. The summed E-state index contributed by atoms with van der Waals surface area (Å²) in [5.74, 6) is 3.65. The molecule has 1 atom stereocenters. The fourth-order valence-electron chi connectivity index (χ4n) is 2.07.